The summed E-state index contributed by atoms with van der Waals surface area (Å²) < 4.78 is 16.1. The standard InChI is InChI=1S/C20H14FN3O/c21-17-11-15(14-7-9-22-10-8-14)5-6-16(17)13-24-19-4-2-1-3-18(19)23-12-20(24)25/h1-12H,13H2. The first-order valence-corrected chi connectivity index (χ1v) is 7.86. The Morgan fingerprint density at radius 3 is 2.56 bits per heavy atom. The van der Waals surface area contributed by atoms with Crippen molar-refractivity contribution < 1.29 is 4.39 Å². The van der Waals surface area contributed by atoms with Crippen LogP contribution in [0.25, 0.3) is 22.2 Å². The molecule has 0 radical (unpaired) electrons. The molecule has 0 atom stereocenters. The minimum absolute atomic E-state index is 0.157. The maximum atomic E-state index is 14.6. The van der Waals surface area contributed by atoms with Crippen LogP contribution >= 0.6 is 0 Å². The zero-order valence-corrected chi connectivity index (χ0v) is 13.3. The summed E-state index contributed by atoms with van der Waals surface area (Å²) in [6.07, 6.45) is 4.61. The lowest BCUT2D eigenvalue weighted by Gasteiger charge is -2.11. The SMILES string of the molecule is O=c1cnc2ccccc2n1Cc1ccc(-c2ccncc2)cc1F. The molecule has 0 aliphatic carbocycles. The van der Waals surface area contributed by atoms with Gasteiger partial charge in [-0.2, -0.15) is 0 Å². The lowest BCUT2D eigenvalue weighted by Crippen LogP contribution is -2.21. The molecule has 5 heteroatoms. The highest BCUT2D eigenvalue weighted by Crippen LogP contribution is 2.22. The predicted molar refractivity (Wildman–Crippen MR) is 94.7 cm³/mol. The summed E-state index contributed by atoms with van der Waals surface area (Å²) in [5.41, 5.74) is 3.26. The third kappa shape index (κ3) is 2.92. The van der Waals surface area contributed by atoms with Gasteiger partial charge in [-0.05, 0) is 41.5 Å². The van der Waals surface area contributed by atoms with Crippen molar-refractivity contribution in [2.24, 2.45) is 0 Å². The predicted octanol–water partition coefficient (Wildman–Crippen LogP) is 3.65. The second-order valence-corrected chi connectivity index (χ2v) is 5.71. The molecule has 0 N–H and O–H groups in total. The third-order valence-corrected chi connectivity index (χ3v) is 4.15. The van der Waals surface area contributed by atoms with Crippen LogP contribution in [0.1, 0.15) is 5.56 Å². The van der Waals surface area contributed by atoms with E-state index in [1.807, 2.05) is 42.5 Å². The van der Waals surface area contributed by atoms with Crippen molar-refractivity contribution >= 4 is 11.0 Å². The van der Waals surface area contributed by atoms with Gasteiger partial charge in [0.25, 0.3) is 5.56 Å². The van der Waals surface area contributed by atoms with Crippen LogP contribution in [0.3, 0.4) is 0 Å². The molecule has 4 nitrogen and oxygen atoms in total. The van der Waals surface area contributed by atoms with E-state index in [0.717, 1.165) is 11.1 Å². The van der Waals surface area contributed by atoms with Gasteiger partial charge in [0.1, 0.15) is 5.82 Å². The van der Waals surface area contributed by atoms with E-state index >= 15 is 0 Å². The maximum absolute atomic E-state index is 14.6. The summed E-state index contributed by atoms with van der Waals surface area (Å²) >= 11 is 0. The molecule has 0 bridgehead atoms. The van der Waals surface area contributed by atoms with Gasteiger partial charge >= 0.3 is 0 Å². The summed E-state index contributed by atoms with van der Waals surface area (Å²) in [4.78, 5) is 20.3. The van der Waals surface area contributed by atoms with Gasteiger partial charge in [0.05, 0.1) is 23.8 Å². The fourth-order valence-corrected chi connectivity index (χ4v) is 2.85. The highest BCUT2D eigenvalue weighted by Gasteiger charge is 2.09. The molecule has 4 aromatic rings. The first-order valence-electron chi connectivity index (χ1n) is 7.86. The molecular formula is C20H14FN3O. The molecular weight excluding hydrogens is 317 g/mol. The smallest absolute Gasteiger partial charge is 0.269 e. The van der Waals surface area contributed by atoms with Crippen LogP contribution in [0, 0.1) is 5.82 Å². The van der Waals surface area contributed by atoms with Crippen LogP contribution in [0.15, 0.2) is 78.0 Å². The van der Waals surface area contributed by atoms with Crippen molar-refractivity contribution in [2.45, 2.75) is 6.54 Å². The van der Waals surface area contributed by atoms with Gasteiger partial charge in [0.15, 0.2) is 0 Å². The first kappa shape index (κ1) is 15.2. The number of hydrogen-bond donors (Lipinski definition) is 0. The van der Waals surface area contributed by atoms with Crippen molar-refractivity contribution in [2.75, 3.05) is 0 Å². The fourth-order valence-electron chi connectivity index (χ4n) is 2.85. The van der Waals surface area contributed by atoms with Crippen LogP contribution in [-0.4, -0.2) is 14.5 Å². The summed E-state index contributed by atoms with van der Waals surface area (Å²) in [7, 11) is 0. The summed E-state index contributed by atoms with van der Waals surface area (Å²) in [6, 6.07) is 16.0. The third-order valence-electron chi connectivity index (χ3n) is 4.15. The fraction of sp³-hybridized carbons (Fsp3) is 0.0500. The van der Waals surface area contributed by atoms with Crippen molar-refractivity contribution in [1.82, 2.24) is 14.5 Å². The molecule has 2 heterocycles. The zero-order chi connectivity index (χ0) is 17.2. The lowest BCUT2D eigenvalue weighted by molar-refractivity contribution is 0.599. The van der Waals surface area contributed by atoms with E-state index < -0.39 is 0 Å². The number of benzene rings is 2. The molecule has 2 aromatic heterocycles. The molecule has 0 saturated carbocycles. The molecule has 4 rings (SSSR count). The minimum Gasteiger partial charge on any atom is -0.301 e. The molecule has 0 unspecified atom stereocenters. The van der Waals surface area contributed by atoms with Gasteiger partial charge in [-0.15, -0.1) is 0 Å². The van der Waals surface area contributed by atoms with Crippen LogP contribution in [-0.2, 0) is 6.54 Å². The molecule has 0 aliphatic rings. The number of para-hydroxylation sites is 2. The summed E-state index contributed by atoms with van der Waals surface area (Å²) in [6.45, 7) is 0.157. The number of halogens is 1. The Balaban J connectivity index is 1.75. The topological polar surface area (TPSA) is 47.8 Å². The van der Waals surface area contributed by atoms with Gasteiger partial charge in [0, 0.05) is 18.0 Å². The number of fused-ring (bicyclic) bond motifs is 1. The van der Waals surface area contributed by atoms with E-state index in [0.29, 0.717) is 16.6 Å². The Kier molecular flexibility index (Phi) is 3.82. The normalized spacial score (nSPS) is 10.9. The van der Waals surface area contributed by atoms with Gasteiger partial charge in [-0.3, -0.25) is 9.78 Å². The Bertz CT molecular complexity index is 1110. The number of aromatic nitrogens is 3. The molecule has 0 spiro atoms. The number of hydrogen-bond acceptors (Lipinski definition) is 3. The van der Waals surface area contributed by atoms with Gasteiger partial charge in [-0.1, -0.05) is 24.3 Å². The average Bonchev–Trinajstić information content (AvgIpc) is 2.66. The quantitative estimate of drug-likeness (QED) is 0.576. The van der Waals surface area contributed by atoms with Gasteiger partial charge < -0.3 is 4.57 Å². The van der Waals surface area contributed by atoms with Crippen LogP contribution in [0.5, 0.6) is 0 Å². The van der Waals surface area contributed by atoms with Gasteiger partial charge in [0.2, 0.25) is 0 Å². The van der Waals surface area contributed by atoms with E-state index in [1.165, 1.54) is 16.8 Å². The highest BCUT2D eigenvalue weighted by molar-refractivity contribution is 5.74. The van der Waals surface area contributed by atoms with Crippen molar-refractivity contribution in [3.8, 4) is 11.1 Å². The van der Waals surface area contributed by atoms with Crippen LogP contribution in [0.4, 0.5) is 4.39 Å². The largest absolute Gasteiger partial charge is 0.301 e. The van der Waals surface area contributed by atoms with Crippen LogP contribution in [0.2, 0.25) is 0 Å². The van der Waals surface area contributed by atoms with Crippen LogP contribution < -0.4 is 5.56 Å². The second-order valence-electron chi connectivity index (χ2n) is 5.71. The van der Waals surface area contributed by atoms with Crippen molar-refractivity contribution in [1.29, 1.82) is 0 Å². The first-order chi connectivity index (χ1) is 12.2. The molecule has 0 saturated heterocycles. The molecule has 0 amide bonds. The van der Waals surface area contributed by atoms with E-state index in [9.17, 15) is 9.18 Å². The van der Waals surface area contributed by atoms with E-state index in [1.54, 1.807) is 18.5 Å². The highest BCUT2D eigenvalue weighted by atomic mass is 19.1. The summed E-state index contributed by atoms with van der Waals surface area (Å²) in [5.74, 6) is -0.345. The molecule has 0 fully saturated rings. The monoisotopic (exact) mass is 331 g/mol. The van der Waals surface area contributed by atoms with E-state index in [-0.39, 0.29) is 17.9 Å². The number of pyridine rings is 1. The Morgan fingerprint density at radius 2 is 1.76 bits per heavy atom. The maximum Gasteiger partial charge on any atom is 0.269 e. The molecule has 25 heavy (non-hydrogen) atoms. The Labute approximate surface area is 143 Å². The molecule has 0 aliphatic heterocycles. The Hall–Kier alpha value is -3.34. The molecule has 122 valence electrons. The summed E-state index contributed by atoms with van der Waals surface area (Å²) in [5, 5.41) is 0. The average molecular weight is 331 g/mol. The van der Waals surface area contributed by atoms with Gasteiger partial charge in [-0.25, -0.2) is 9.37 Å². The van der Waals surface area contributed by atoms with E-state index in [4.69, 9.17) is 0 Å². The number of nitrogens with zero attached hydrogens (tertiary/aromatic N) is 3. The zero-order valence-electron chi connectivity index (χ0n) is 13.3. The van der Waals surface area contributed by atoms with Crippen molar-refractivity contribution in [3.63, 3.8) is 0 Å². The second kappa shape index (κ2) is 6.28. The van der Waals surface area contributed by atoms with Crippen molar-refractivity contribution in [3.05, 3.63) is 94.9 Å². The number of rotatable bonds is 3. The molecule has 2 aromatic carbocycles. The lowest BCUT2D eigenvalue weighted by atomic mass is 10.0. The van der Waals surface area contributed by atoms with E-state index in [2.05, 4.69) is 9.97 Å². The Morgan fingerprint density at radius 1 is 0.960 bits per heavy atom. The minimum atomic E-state index is -0.345.